The summed E-state index contributed by atoms with van der Waals surface area (Å²) >= 11 is 6.20. The van der Waals surface area contributed by atoms with E-state index < -0.39 is 0 Å². The molecule has 3 nitrogen and oxygen atoms in total. The van der Waals surface area contributed by atoms with Crippen molar-refractivity contribution in [3.63, 3.8) is 0 Å². The van der Waals surface area contributed by atoms with E-state index in [9.17, 15) is 0 Å². The van der Waals surface area contributed by atoms with Crippen LogP contribution in [0.4, 0.5) is 0 Å². The summed E-state index contributed by atoms with van der Waals surface area (Å²) in [5, 5.41) is 4.16. The quantitative estimate of drug-likeness (QED) is 0.921. The van der Waals surface area contributed by atoms with E-state index >= 15 is 0 Å². The molecule has 0 bridgehead atoms. The van der Waals surface area contributed by atoms with Crippen LogP contribution in [0.3, 0.4) is 0 Å². The third kappa shape index (κ3) is 3.36. The van der Waals surface area contributed by atoms with Crippen LogP contribution >= 0.6 is 11.6 Å². The van der Waals surface area contributed by atoms with Crippen LogP contribution in [0.25, 0.3) is 0 Å². The molecule has 1 aliphatic carbocycles. The van der Waals surface area contributed by atoms with Gasteiger partial charge in [-0.15, -0.1) is 0 Å². The van der Waals surface area contributed by atoms with Crippen molar-refractivity contribution in [1.82, 2.24) is 10.2 Å². The molecular formula is C17H25ClN2O. The summed E-state index contributed by atoms with van der Waals surface area (Å²) in [6.07, 6.45) is 5.44. The van der Waals surface area contributed by atoms with Crippen LogP contribution in [0.15, 0.2) is 18.2 Å². The van der Waals surface area contributed by atoms with Crippen LogP contribution in [0.5, 0.6) is 5.75 Å². The van der Waals surface area contributed by atoms with Gasteiger partial charge in [-0.25, -0.2) is 0 Å². The molecule has 21 heavy (non-hydrogen) atoms. The molecule has 116 valence electrons. The van der Waals surface area contributed by atoms with Crippen molar-refractivity contribution in [2.45, 2.75) is 31.7 Å². The molecule has 1 saturated heterocycles. The number of piperazine rings is 1. The number of hydrogen-bond donors (Lipinski definition) is 1. The summed E-state index contributed by atoms with van der Waals surface area (Å²) in [6, 6.07) is 6.84. The molecule has 1 aliphatic heterocycles. The van der Waals surface area contributed by atoms with E-state index in [0.29, 0.717) is 11.1 Å². The Morgan fingerprint density at radius 3 is 2.62 bits per heavy atom. The van der Waals surface area contributed by atoms with Gasteiger partial charge in [0.15, 0.2) is 0 Å². The number of hydrogen-bond acceptors (Lipinski definition) is 3. The normalized spacial score (nSPS) is 22.4. The van der Waals surface area contributed by atoms with E-state index in [1.807, 2.05) is 6.07 Å². The lowest BCUT2D eigenvalue weighted by Crippen LogP contribution is -2.46. The van der Waals surface area contributed by atoms with Gasteiger partial charge in [0.05, 0.1) is 12.1 Å². The first-order valence-electron chi connectivity index (χ1n) is 8.08. The molecule has 0 aromatic heterocycles. The minimum atomic E-state index is 0.515. The Morgan fingerprint density at radius 2 is 1.95 bits per heavy atom. The van der Waals surface area contributed by atoms with Gasteiger partial charge in [0.25, 0.3) is 0 Å². The second-order valence-corrected chi connectivity index (χ2v) is 6.58. The Morgan fingerprint density at radius 1 is 1.24 bits per heavy atom. The van der Waals surface area contributed by atoms with Gasteiger partial charge in [-0.2, -0.15) is 0 Å². The van der Waals surface area contributed by atoms with Crippen molar-refractivity contribution in [1.29, 1.82) is 0 Å². The lowest BCUT2D eigenvalue weighted by atomic mass is 9.89. The molecule has 1 atom stereocenters. The maximum atomic E-state index is 6.20. The molecule has 3 rings (SSSR count). The second kappa shape index (κ2) is 6.99. The van der Waals surface area contributed by atoms with Gasteiger partial charge in [0.1, 0.15) is 5.75 Å². The topological polar surface area (TPSA) is 24.5 Å². The predicted molar refractivity (Wildman–Crippen MR) is 87.1 cm³/mol. The molecule has 0 spiro atoms. The van der Waals surface area contributed by atoms with Gasteiger partial charge < -0.3 is 10.1 Å². The van der Waals surface area contributed by atoms with Crippen molar-refractivity contribution in [2.75, 3.05) is 33.3 Å². The fraction of sp³-hybridized carbons (Fsp3) is 0.647. The van der Waals surface area contributed by atoms with Crippen LogP contribution in [-0.2, 0) is 0 Å². The molecule has 1 saturated carbocycles. The largest absolute Gasteiger partial charge is 0.495 e. The molecule has 0 unspecified atom stereocenters. The standard InChI is InChI=1S/C17H25ClN2O/c1-21-16-12-14(6-7-15(16)18)17(13-4-2-3-5-13)20-10-8-19-9-11-20/h6-7,12-13,17,19H,2-5,8-11H2,1H3/t17-/m1/s1. The average Bonchev–Trinajstić information content (AvgIpc) is 3.04. The zero-order valence-electron chi connectivity index (χ0n) is 12.8. The molecule has 2 fully saturated rings. The highest BCUT2D eigenvalue weighted by Gasteiger charge is 2.32. The monoisotopic (exact) mass is 308 g/mol. The van der Waals surface area contributed by atoms with E-state index in [0.717, 1.165) is 37.8 Å². The zero-order chi connectivity index (χ0) is 14.7. The van der Waals surface area contributed by atoms with Crippen molar-refractivity contribution in [3.05, 3.63) is 28.8 Å². The highest BCUT2D eigenvalue weighted by molar-refractivity contribution is 6.32. The average molecular weight is 309 g/mol. The number of nitrogens with zero attached hydrogens (tertiary/aromatic N) is 1. The van der Waals surface area contributed by atoms with Gasteiger partial charge in [-0.3, -0.25) is 4.90 Å². The number of ether oxygens (including phenoxy) is 1. The molecule has 1 N–H and O–H groups in total. The van der Waals surface area contributed by atoms with Gasteiger partial charge >= 0.3 is 0 Å². The first kappa shape index (κ1) is 15.1. The molecule has 0 amide bonds. The van der Waals surface area contributed by atoms with Gasteiger partial charge in [-0.05, 0) is 36.5 Å². The van der Waals surface area contributed by atoms with E-state index in [1.54, 1.807) is 7.11 Å². The number of halogens is 1. The first-order valence-corrected chi connectivity index (χ1v) is 8.45. The number of benzene rings is 1. The van der Waals surface area contributed by atoms with Crippen LogP contribution < -0.4 is 10.1 Å². The number of nitrogens with one attached hydrogen (secondary N) is 1. The van der Waals surface area contributed by atoms with Gasteiger partial charge in [0.2, 0.25) is 0 Å². The second-order valence-electron chi connectivity index (χ2n) is 6.17. The minimum absolute atomic E-state index is 0.515. The summed E-state index contributed by atoms with van der Waals surface area (Å²) in [6.45, 7) is 4.44. The lowest BCUT2D eigenvalue weighted by Gasteiger charge is -2.38. The summed E-state index contributed by atoms with van der Waals surface area (Å²) in [5.74, 6) is 1.57. The lowest BCUT2D eigenvalue weighted by molar-refractivity contribution is 0.125. The van der Waals surface area contributed by atoms with Crippen LogP contribution in [0.2, 0.25) is 5.02 Å². The predicted octanol–water partition coefficient (Wildman–Crippen LogP) is 3.49. The number of rotatable bonds is 4. The van der Waals surface area contributed by atoms with Crippen molar-refractivity contribution >= 4 is 11.6 Å². The van der Waals surface area contributed by atoms with E-state index in [4.69, 9.17) is 16.3 Å². The van der Waals surface area contributed by atoms with Crippen molar-refractivity contribution in [3.8, 4) is 5.75 Å². The van der Waals surface area contributed by atoms with E-state index in [2.05, 4.69) is 22.3 Å². The fourth-order valence-electron chi connectivity index (χ4n) is 3.87. The van der Waals surface area contributed by atoms with Crippen LogP contribution in [0.1, 0.15) is 37.3 Å². The molecule has 1 heterocycles. The Balaban J connectivity index is 1.89. The third-order valence-electron chi connectivity index (χ3n) is 4.91. The first-order chi connectivity index (χ1) is 10.3. The number of methoxy groups -OCH3 is 1. The minimum Gasteiger partial charge on any atom is -0.495 e. The molecule has 1 aromatic carbocycles. The Labute approximate surface area is 132 Å². The highest BCUT2D eigenvalue weighted by Crippen LogP contribution is 2.41. The Kier molecular flexibility index (Phi) is 5.04. The molecule has 0 radical (unpaired) electrons. The van der Waals surface area contributed by atoms with E-state index in [-0.39, 0.29) is 0 Å². The highest BCUT2D eigenvalue weighted by atomic mass is 35.5. The molecule has 4 heteroatoms. The third-order valence-corrected chi connectivity index (χ3v) is 5.22. The van der Waals surface area contributed by atoms with Crippen LogP contribution in [0, 0.1) is 5.92 Å². The van der Waals surface area contributed by atoms with Crippen molar-refractivity contribution < 1.29 is 4.74 Å². The zero-order valence-corrected chi connectivity index (χ0v) is 13.5. The van der Waals surface area contributed by atoms with E-state index in [1.165, 1.54) is 31.2 Å². The smallest absolute Gasteiger partial charge is 0.137 e. The summed E-state index contributed by atoms with van der Waals surface area (Å²) in [4.78, 5) is 2.65. The summed E-state index contributed by atoms with van der Waals surface area (Å²) in [5.41, 5.74) is 1.37. The van der Waals surface area contributed by atoms with Crippen LogP contribution in [-0.4, -0.2) is 38.2 Å². The SMILES string of the molecule is COc1cc([C@@H](C2CCCC2)N2CCNCC2)ccc1Cl. The maximum absolute atomic E-state index is 6.20. The van der Waals surface area contributed by atoms with Gasteiger partial charge in [-0.1, -0.05) is 30.5 Å². The molecule has 1 aromatic rings. The maximum Gasteiger partial charge on any atom is 0.137 e. The fourth-order valence-corrected chi connectivity index (χ4v) is 4.07. The summed E-state index contributed by atoms with van der Waals surface area (Å²) in [7, 11) is 1.69. The van der Waals surface area contributed by atoms with Gasteiger partial charge in [0, 0.05) is 32.2 Å². The summed E-state index contributed by atoms with van der Waals surface area (Å²) < 4.78 is 5.42. The molecular weight excluding hydrogens is 284 g/mol. The Bertz CT molecular complexity index is 468. The van der Waals surface area contributed by atoms with Crippen molar-refractivity contribution in [2.24, 2.45) is 5.92 Å². The Hall–Kier alpha value is -0.770. The molecule has 2 aliphatic rings.